The highest BCUT2D eigenvalue weighted by atomic mass is 35.5. The van der Waals surface area contributed by atoms with Crippen molar-refractivity contribution in [3.63, 3.8) is 0 Å². The molecule has 0 amide bonds. The van der Waals surface area contributed by atoms with Gasteiger partial charge in [-0.3, -0.25) is 4.40 Å². The smallest absolute Gasteiger partial charge is 0.181 e. The zero-order valence-electron chi connectivity index (χ0n) is 14.6. The first-order chi connectivity index (χ1) is 13.1. The highest BCUT2D eigenvalue weighted by molar-refractivity contribution is 6.36. The van der Waals surface area contributed by atoms with Gasteiger partial charge in [0.05, 0.1) is 5.69 Å². The largest absolute Gasteiger partial charge is 0.383 e. The third-order valence-electron chi connectivity index (χ3n) is 5.59. The molecule has 140 valence electrons. The number of aromatic nitrogens is 3. The Morgan fingerprint density at radius 3 is 2.85 bits per heavy atom. The van der Waals surface area contributed by atoms with E-state index in [1.807, 2.05) is 16.7 Å². The summed E-state index contributed by atoms with van der Waals surface area (Å²) in [6, 6.07) is 5.58. The van der Waals surface area contributed by atoms with Crippen LogP contribution in [0, 0.1) is 23.5 Å². The summed E-state index contributed by atoms with van der Waals surface area (Å²) in [5.74, 6) is 1.25. The molecule has 4 nitrogen and oxygen atoms in total. The number of benzene rings is 1. The number of pyridine rings is 1. The molecule has 2 atom stereocenters. The van der Waals surface area contributed by atoms with E-state index >= 15 is 0 Å². The number of rotatable bonds is 6. The van der Waals surface area contributed by atoms with Crippen LogP contribution in [0.1, 0.15) is 36.6 Å². The normalized spacial score (nSPS) is 21.6. The van der Waals surface area contributed by atoms with Gasteiger partial charge in [-0.05, 0) is 66.8 Å². The average Bonchev–Trinajstić information content (AvgIpc) is 3.56. The maximum Gasteiger partial charge on any atom is 0.181 e. The Kier molecular flexibility index (Phi) is 4.04. The lowest BCUT2D eigenvalue weighted by atomic mass is 10.1. The third kappa shape index (κ3) is 3.27. The second-order valence-electron chi connectivity index (χ2n) is 7.65. The lowest BCUT2D eigenvalue weighted by Gasteiger charge is -2.10. The fourth-order valence-electron chi connectivity index (χ4n) is 3.72. The molecule has 0 radical (unpaired) electrons. The molecule has 0 unspecified atom stereocenters. The molecule has 1 aromatic carbocycles. The molecule has 0 saturated heterocycles. The predicted molar refractivity (Wildman–Crippen MR) is 100 cm³/mol. The summed E-state index contributed by atoms with van der Waals surface area (Å²) in [4.78, 5) is 0. The summed E-state index contributed by atoms with van der Waals surface area (Å²) in [6.45, 7) is 0.652. The zero-order chi connectivity index (χ0) is 18.5. The van der Waals surface area contributed by atoms with Gasteiger partial charge >= 0.3 is 0 Å². The van der Waals surface area contributed by atoms with Gasteiger partial charge in [-0.25, -0.2) is 8.78 Å². The molecule has 5 rings (SSSR count). The number of hydrogen-bond acceptors (Lipinski definition) is 3. The van der Waals surface area contributed by atoms with E-state index in [0.29, 0.717) is 22.8 Å². The Bertz CT molecular complexity index is 1010. The third-order valence-corrected chi connectivity index (χ3v) is 5.97. The fourth-order valence-corrected chi connectivity index (χ4v) is 3.98. The molecule has 2 heterocycles. The molecule has 2 aromatic heterocycles. The van der Waals surface area contributed by atoms with Gasteiger partial charge in [0, 0.05) is 19.2 Å². The number of anilines is 1. The van der Waals surface area contributed by atoms with Crippen molar-refractivity contribution in [2.24, 2.45) is 11.8 Å². The molecule has 2 aliphatic carbocycles. The Labute approximate surface area is 160 Å². The highest BCUT2D eigenvalue weighted by Crippen LogP contribution is 2.48. The summed E-state index contributed by atoms with van der Waals surface area (Å²) >= 11 is 6.51. The van der Waals surface area contributed by atoms with Crippen molar-refractivity contribution in [2.75, 3.05) is 11.9 Å². The van der Waals surface area contributed by atoms with Crippen LogP contribution in [0.25, 0.3) is 5.65 Å². The summed E-state index contributed by atoms with van der Waals surface area (Å²) in [6.07, 6.45) is 6.24. The van der Waals surface area contributed by atoms with Gasteiger partial charge in [-0.1, -0.05) is 11.6 Å². The summed E-state index contributed by atoms with van der Waals surface area (Å²) in [5.41, 5.74) is 1.91. The molecule has 0 aliphatic heterocycles. The van der Waals surface area contributed by atoms with Crippen LogP contribution in [-0.2, 0) is 6.42 Å². The number of nitrogens with zero attached hydrogens (tertiary/aromatic N) is 3. The van der Waals surface area contributed by atoms with Crippen LogP contribution in [-0.4, -0.2) is 21.1 Å². The predicted octanol–water partition coefficient (Wildman–Crippen LogP) is 4.83. The molecule has 2 aliphatic rings. The number of halogens is 3. The molecular weight excluding hydrogens is 370 g/mol. The van der Waals surface area contributed by atoms with E-state index in [9.17, 15) is 8.78 Å². The molecule has 27 heavy (non-hydrogen) atoms. The SMILES string of the molecule is Fc1ccc(F)c([C@H]2C[C@@H]2CNc2ccn3c(CC4CC4)nnc3c2Cl)c1. The minimum absolute atomic E-state index is 0.0499. The van der Waals surface area contributed by atoms with Crippen molar-refractivity contribution in [1.82, 2.24) is 14.6 Å². The van der Waals surface area contributed by atoms with E-state index in [1.54, 1.807) is 0 Å². The van der Waals surface area contributed by atoms with Crippen LogP contribution in [0.5, 0.6) is 0 Å². The van der Waals surface area contributed by atoms with Crippen molar-refractivity contribution < 1.29 is 8.78 Å². The first-order valence-corrected chi connectivity index (χ1v) is 9.69. The lowest BCUT2D eigenvalue weighted by Crippen LogP contribution is -2.06. The quantitative estimate of drug-likeness (QED) is 0.657. The fraction of sp³-hybridized carbons (Fsp3) is 0.400. The van der Waals surface area contributed by atoms with Crippen molar-refractivity contribution >= 4 is 22.9 Å². The van der Waals surface area contributed by atoms with Crippen LogP contribution in [0.4, 0.5) is 14.5 Å². The van der Waals surface area contributed by atoms with E-state index < -0.39 is 5.82 Å². The number of fused-ring (bicyclic) bond motifs is 1. The second kappa shape index (κ2) is 6.44. The zero-order valence-corrected chi connectivity index (χ0v) is 15.4. The molecule has 1 N–H and O–H groups in total. The molecule has 0 spiro atoms. The maximum atomic E-state index is 13.9. The minimum Gasteiger partial charge on any atom is -0.383 e. The molecular formula is C20H19ClF2N4. The van der Waals surface area contributed by atoms with Gasteiger partial charge in [-0.15, -0.1) is 10.2 Å². The first-order valence-electron chi connectivity index (χ1n) is 9.31. The van der Waals surface area contributed by atoms with Crippen LogP contribution < -0.4 is 5.32 Å². The number of hydrogen-bond donors (Lipinski definition) is 1. The second-order valence-corrected chi connectivity index (χ2v) is 8.03. The van der Waals surface area contributed by atoms with Crippen molar-refractivity contribution in [1.29, 1.82) is 0 Å². The first kappa shape index (κ1) is 16.9. The van der Waals surface area contributed by atoms with Crippen LogP contribution in [0.2, 0.25) is 5.02 Å². The highest BCUT2D eigenvalue weighted by Gasteiger charge is 2.39. The van der Waals surface area contributed by atoms with E-state index in [2.05, 4.69) is 15.5 Å². The maximum absolute atomic E-state index is 13.9. The standard InChI is InChI=1S/C20H19ClF2N4/c21-19-17(5-6-27-18(7-11-1-2-11)25-26-20(19)27)24-10-12-8-14(12)15-9-13(22)3-4-16(15)23/h3-6,9,11-12,14,24H,1-2,7-8,10H2/t12-,14+/m1/s1. The summed E-state index contributed by atoms with van der Waals surface area (Å²) in [5, 5.41) is 12.4. The Balaban J connectivity index is 1.28. The van der Waals surface area contributed by atoms with E-state index in [-0.39, 0.29) is 17.7 Å². The van der Waals surface area contributed by atoms with Crippen LogP contribution in [0.15, 0.2) is 30.5 Å². The van der Waals surface area contributed by atoms with Crippen molar-refractivity contribution in [3.05, 3.63) is 58.5 Å². The van der Waals surface area contributed by atoms with Gasteiger partial charge in [0.2, 0.25) is 0 Å². The topological polar surface area (TPSA) is 42.2 Å². The Morgan fingerprint density at radius 1 is 1.19 bits per heavy atom. The Morgan fingerprint density at radius 2 is 2.04 bits per heavy atom. The lowest BCUT2D eigenvalue weighted by molar-refractivity contribution is 0.582. The molecule has 2 fully saturated rings. The molecule has 0 bridgehead atoms. The van der Waals surface area contributed by atoms with Crippen molar-refractivity contribution in [3.8, 4) is 0 Å². The Hall–Kier alpha value is -2.21. The van der Waals surface area contributed by atoms with E-state index in [4.69, 9.17) is 11.6 Å². The van der Waals surface area contributed by atoms with Gasteiger partial charge in [0.1, 0.15) is 22.5 Å². The number of nitrogens with one attached hydrogen (secondary N) is 1. The van der Waals surface area contributed by atoms with E-state index in [1.165, 1.54) is 25.0 Å². The molecule has 7 heteroatoms. The van der Waals surface area contributed by atoms with E-state index in [0.717, 1.165) is 36.3 Å². The van der Waals surface area contributed by atoms with Gasteiger partial charge in [-0.2, -0.15) is 0 Å². The monoisotopic (exact) mass is 388 g/mol. The van der Waals surface area contributed by atoms with Crippen LogP contribution >= 0.6 is 11.6 Å². The van der Waals surface area contributed by atoms with Gasteiger partial charge in [0.25, 0.3) is 0 Å². The van der Waals surface area contributed by atoms with Gasteiger partial charge < -0.3 is 5.32 Å². The molecule has 2 saturated carbocycles. The average molecular weight is 389 g/mol. The summed E-state index contributed by atoms with van der Waals surface area (Å²) in [7, 11) is 0. The van der Waals surface area contributed by atoms with Gasteiger partial charge in [0.15, 0.2) is 5.65 Å². The van der Waals surface area contributed by atoms with Crippen LogP contribution in [0.3, 0.4) is 0 Å². The molecule has 3 aromatic rings. The van der Waals surface area contributed by atoms with Crippen molar-refractivity contribution in [2.45, 2.75) is 31.6 Å². The minimum atomic E-state index is -0.396. The summed E-state index contributed by atoms with van der Waals surface area (Å²) < 4.78 is 29.2.